The number of nitrogens with two attached hydrogens (primary N) is 2. The lowest BCUT2D eigenvalue weighted by molar-refractivity contribution is 0.214. The predicted molar refractivity (Wildman–Crippen MR) is 149 cm³/mol. The van der Waals surface area contributed by atoms with Gasteiger partial charge in [-0.3, -0.25) is 15.8 Å². The second kappa shape index (κ2) is 14.0. The molecule has 0 aromatic heterocycles. The van der Waals surface area contributed by atoms with Crippen molar-refractivity contribution in [1.82, 2.24) is 9.91 Å². The molecule has 0 amide bonds. The highest BCUT2D eigenvalue weighted by atomic mass is 31.1. The fraction of sp³-hybridized carbons (Fsp3) is 0.333. The van der Waals surface area contributed by atoms with Crippen LogP contribution >= 0.6 is 8.58 Å². The molecule has 9 heteroatoms. The molecule has 0 aliphatic carbocycles. The van der Waals surface area contributed by atoms with Crippen LogP contribution in [-0.2, 0) is 11.3 Å². The van der Waals surface area contributed by atoms with E-state index in [1.807, 2.05) is 31.3 Å². The van der Waals surface area contributed by atoms with Gasteiger partial charge in [-0.15, -0.1) is 0 Å². The Hall–Kier alpha value is -2.90. The van der Waals surface area contributed by atoms with E-state index in [1.165, 1.54) is 12.1 Å². The molecule has 36 heavy (non-hydrogen) atoms. The van der Waals surface area contributed by atoms with E-state index in [2.05, 4.69) is 41.9 Å². The number of ether oxygens (including phenoxy) is 1. The molecule has 2 aromatic rings. The van der Waals surface area contributed by atoms with Crippen LogP contribution in [-0.4, -0.2) is 56.1 Å². The van der Waals surface area contributed by atoms with E-state index in [0.717, 1.165) is 35.4 Å². The van der Waals surface area contributed by atoms with E-state index in [1.54, 1.807) is 17.4 Å². The van der Waals surface area contributed by atoms with E-state index in [4.69, 9.17) is 21.3 Å². The summed E-state index contributed by atoms with van der Waals surface area (Å²) >= 11 is 0. The Morgan fingerprint density at radius 1 is 1.25 bits per heavy atom. The van der Waals surface area contributed by atoms with Crippen LogP contribution in [0.15, 0.2) is 75.9 Å². The van der Waals surface area contributed by atoms with Crippen molar-refractivity contribution in [2.45, 2.75) is 25.7 Å². The van der Waals surface area contributed by atoms with Crippen LogP contribution in [0.3, 0.4) is 0 Å². The van der Waals surface area contributed by atoms with E-state index in [0.29, 0.717) is 39.5 Å². The summed E-state index contributed by atoms with van der Waals surface area (Å²) < 4.78 is 19.3. The van der Waals surface area contributed by atoms with Gasteiger partial charge >= 0.3 is 0 Å². The van der Waals surface area contributed by atoms with Crippen LogP contribution in [0.4, 0.5) is 4.39 Å². The number of hydrogen-bond donors (Lipinski definition) is 2. The van der Waals surface area contributed by atoms with Crippen molar-refractivity contribution in [3.63, 3.8) is 0 Å². The summed E-state index contributed by atoms with van der Waals surface area (Å²) in [6, 6.07) is 13.0. The van der Waals surface area contributed by atoms with E-state index in [9.17, 15) is 4.39 Å². The van der Waals surface area contributed by atoms with Gasteiger partial charge in [0, 0.05) is 31.2 Å². The Balaban J connectivity index is 1.49. The first kappa shape index (κ1) is 27.7. The number of hydrazine groups is 1. The van der Waals surface area contributed by atoms with Gasteiger partial charge in [0.2, 0.25) is 0 Å². The molecule has 192 valence electrons. The van der Waals surface area contributed by atoms with Crippen LogP contribution in [0.1, 0.15) is 34.5 Å². The average Bonchev–Trinajstić information content (AvgIpc) is 2.81. The Labute approximate surface area is 215 Å². The van der Waals surface area contributed by atoms with E-state index < -0.39 is 0 Å². The van der Waals surface area contributed by atoms with Crippen LogP contribution in [0.2, 0.25) is 0 Å². The second-order valence-electron chi connectivity index (χ2n) is 9.09. The summed E-state index contributed by atoms with van der Waals surface area (Å²) in [6.45, 7) is 4.42. The fourth-order valence-electron chi connectivity index (χ4n) is 3.71. The summed E-state index contributed by atoms with van der Waals surface area (Å²) in [5.74, 6) is 9.00. The number of aryl methyl sites for hydroxylation is 1. The topological polar surface area (TPSA) is 92.5 Å². The Morgan fingerprint density at radius 2 is 2.08 bits per heavy atom. The van der Waals surface area contributed by atoms with Gasteiger partial charge in [0.15, 0.2) is 0 Å². The largest absolute Gasteiger partial charge is 0.492 e. The van der Waals surface area contributed by atoms with E-state index >= 15 is 0 Å². The zero-order valence-electron chi connectivity index (χ0n) is 21.2. The molecule has 2 atom stereocenters. The van der Waals surface area contributed by atoms with Gasteiger partial charge in [-0.1, -0.05) is 38.9 Å². The zero-order chi connectivity index (χ0) is 25.9. The van der Waals surface area contributed by atoms with Crippen LogP contribution in [0.25, 0.3) is 0 Å². The van der Waals surface area contributed by atoms with Gasteiger partial charge in [-0.05, 0) is 67.6 Å². The molecule has 0 spiro atoms. The Kier molecular flexibility index (Phi) is 10.8. The van der Waals surface area contributed by atoms with E-state index in [-0.39, 0.29) is 11.6 Å². The maximum atomic E-state index is 13.5. The molecule has 7 nitrogen and oxygen atoms in total. The first-order valence-electron chi connectivity index (χ1n) is 11.9. The molecule has 2 unspecified atom stereocenters. The summed E-state index contributed by atoms with van der Waals surface area (Å²) in [5.41, 5.74) is 10.3. The Bertz CT molecular complexity index is 1110. The highest BCUT2D eigenvalue weighted by Crippen LogP contribution is 2.40. The van der Waals surface area contributed by atoms with Crippen molar-refractivity contribution >= 4 is 21.0 Å². The minimum absolute atomic E-state index is 0.0936. The quantitative estimate of drug-likeness (QED) is 0.146. The molecule has 0 fully saturated rings. The lowest BCUT2D eigenvalue weighted by Gasteiger charge is -2.19. The molecule has 1 aliphatic heterocycles. The lowest BCUT2D eigenvalue weighted by Crippen LogP contribution is -2.34. The highest BCUT2D eigenvalue weighted by Gasteiger charge is 2.14. The van der Waals surface area contributed by atoms with Gasteiger partial charge in [0.1, 0.15) is 11.6 Å². The zero-order valence-corrected chi connectivity index (χ0v) is 22.2. The van der Waals surface area contributed by atoms with Crippen molar-refractivity contribution in [1.29, 1.82) is 0 Å². The second-order valence-corrected chi connectivity index (χ2v) is 10.3. The van der Waals surface area contributed by atoms with Gasteiger partial charge < -0.3 is 15.4 Å². The summed E-state index contributed by atoms with van der Waals surface area (Å²) in [4.78, 5) is 11.1. The third-order valence-electron chi connectivity index (χ3n) is 5.32. The molecule has 4 N–H and O–H groups in total. The summed E-state index contributed by atoms with van der Waals surface area (Å²) in [5, 5.41) is 1.64. The number of hydrogen-bond acceptors (Lipinski definition) is 7. The first-order chi connectivity index (χ1) is 17.3. The van der Waals surface area contributed by atoms with Crippen molar-refractivity contribution in [2.24, 2.45) is 21.6 Å². The van der Waals surface area contributed by atoms with Gasteiger partial charge in [-0.25, -0.2) is 9.40 Å². The van der Waals surface area contributed by atoms with Gasteiger partial charge in [0.25, 0.3) is 0 Å². The normalized spacial score (nSPS) is 16.9. The maximum absolute atomic E-state index is 13.5. The molecule has 3 rings (SSSR count). The van der Waals surface area contributed by atoms with Crippen LogP contribution in [0, 0.1) is 12.7 Å². The number of nitrogens with zero attached hydrogens (tertiary/aromatic N) is 4. The first-order valence-corrected chi connectivity index (χ1v) is 13.0. The molecular weight excluding hydrogens is 474 g/mol. The van der Waals surface area contributed by atoms with Crippen LogP contribution in [0.5, 0.6) is 0 Å². The van der Waals surface area contributed by atoms with Gasteiger partial charge in [-0.2, -0.15) is 0 Å². The number of benzene rings is 2. The summed E-state index contributed by atoms with van der Waals surface area (Å²) in [6.07, 6.45) is 5.94. The molecule has 0 radical (unpaired) electrons. The monoisotopic (exact) mass is 510 g/mol. The van der Waals surface area contributed by atoms with Crippen molar-refractivity contribution in [3.05, 3.63) is 94.0 Å². The number of halogens is 1. The highest BCUT2D eigenvalue weighted by molar-refractivity contribution is 7.42. The fourth-order valence-corrected chi connectivity index (χ4v) is 4.72. The van der Waals surface area contributed by atoms with Crippen molar-refractivity contribution in [3.8, 4) is 0 Å². The third-order valence-corrected chi connectivity index (χ3v) is 6.57. The average molecular weight is 511 g/mol. The smallest absolute Gasteiger partial charge is 0.137 e. The molecule has 1 heterocycles. The van der Waals surface area contributed by atoms with Crippen molar-refractivity contribution < 1.29 is 9.13 Å². The van der Waals surface area contributed by atoms with Crippen molar-refractivity contribution in [2.75, 3.05) is 33.8 Å². The molecule has 0 saturated heterocycles. The molecule has 2 aromatic carbocycles. The standard InChI is InChI=1S/C27H36FN6OP/c1-20-10-22(13-24(28)11-20)14-31-15-25(29)18-34(30)17-21-6-4-7-23(12-21)27-32-16-26(19-36-27)35-9-5-8-33(2)3/h4,6-7,10-16,19,27,36H,5,8-9,17-18,29-30H2,1-3H3/b25-15+,31-14?. The minimum Gasteiger partial charge on any atom is -0.492 e. The number of aliphatic imine (C=N–C) groups is 2. The Morgan fingerprint density at radius 3 is 2.81 bits per heavy atom. The molecule has 0 bridgehead atoms. The number of allylic oxidation sites excluding steroid dienone is 1. The minimum atomic E-state index is -0.288. The maximum Gasteiger partial charge on any atom is 0.137 e. The summed E-state index contributed by atoms with van der Waals surface area (Å²) in [7, 11) is 4.64. The molecular formula is C27H36FN6OP. The number of rotatable bonds is 12. The lowest BCUT2D eigenvalue weighted by atomic mass is 10.1. The van der Waals surface area contributed by atoms with Gasteiger partial charge in [0.05, 0.1) is 25.1 Å². The SMILES string of the molecule is Cc1cc(F)cc(C=N/C=C(/N)CN(N)Cc2cccc(C3N=CC(OCCCN(C)C)=CP3)c2)c1. The third kappa shape index (κ3) is 9.63. The van der Waals surface area contributed by atoms with Crippen LogP contribution < -0.4 is 11.6 Å². The molecule has 0 saturated carbocycles. The predicted octanol–water partition coefficient (Wildman–Crippen LogP) is 4.30. The molecule has 1 aliphatic rings.